The lowest BCUT2D eigenvalue weighted by Crippen LogP contribution is -2.48. The highest BCUT2D eigenvalue weighted by Gasteiger charge is 2.31. The van der Waals surface area contributed by atoms with Crippen LogP contribution in [0.15, 0.2) is 66.7 Å². The van der Waals surface area contributed by atoms with Crippen molar-refractivity contribution in [1.82, 2.24) is 25.7 Å². The zero-order chi connectivity index (χ0) is 31.4. The first-order valence-electron chi connectivity index (χ1n) is 16.0. The number of urea groups is 1. The summed E-state index contributed by atoms with van der Waals surface area (Å²) in [6.45, 7) is 0.763. The molecule has 5 rings (SSSR count). The van der Waals surface area contributed by atoms with Gasteiger partial charge < -0.3 is 25.4 Å². The number of hydrogen-bond donors (Lipinski definition) is 4. The Hall–Kier alpha value is -4.22. The van der Waals surface area contributed by atoms with E-state index in [9.17, 15) is 14.4 Å². The van der Waals surface area contributed by atoms with Crippen molar-refractivity contribution in [3.63, 3.8) is 0 Å². The van der Waals surface area contributed by atoms with Crippen LogP contribution in [0.25, 0.3) is 0 Å². The third kappa shape index (κ3) is 9.39. The average molecular weight is 617 g/mol. The van der Waals surface area contributed by atoms with E-state index in [0.29, 0.717) is 13.2 Å². The maximum Gasteiger partial charge on any atom is 0.320 e. The number of aromatic nitrogens is 2. The summed E-state index contributed by atoms with van der Waals surface area (Å²) in [5, 5.41) is 15.8. The Morgan fingerprint density at radius 1 is 0.778 bits per heavy atom. The molecule has 0 spiro atoms. The molecule has 4 N–H and O–H groups in total. The van der Waals surface area contributed by atoms with Gasteiger partial charge in [0.05, 0.1) is 37.5 Å². The van der Waals surface area contributed by atoms with E-state index in [4.69, 9.17) is 9.47 Å². The SMILES string of the molecule is CNC(=O)Nc1cc(C(=O)N[C@H]2CCCC[C@@H]2OCc2ccccc2)n(CC(=O)N[C@H]2CCCC[C@@H]2OCc2ccccc2)n1. The molecule has 45 heavy (non-hydrogen) atoms. The largest absolute Gasteiger partial charge is 0.371 e. The van der Waals surface area contributed by atoms with Gasteiger partial charge >= 0.3 is 6.03 Å². The van der Waals surface area contributed by atoms with E-state index >= 15 is 0 Å². The maximum absolute atomic E-state index is 13.7. The van der Waals surface area contributed by atoms with E-state index in [2.05, 4.69) is 26.4 Å². The number of anilines is 1. The van der Waals surface area contributed by atoms with Crippen molar-refractivity contribution in [2.45, 2.75) is 95.4 Å². The normalized spacial score (nSPS) is 21.4. The number of hydrogen-bond acceptors (Lipinski definition) is 6. The van der Waals surface area contributed by atoms with Crippen molar-refractivity contribution in [3.05, 3.63) is 83.6 Å². The van der Waals surface area contributed by atoms with Crippen LogP contribution in [0.2, 0.25) is 0 Å². The van der Waals surface area contributed by atoms with E-state index in [0.717, 1.165) is 62.5 Å². The van der Waals surface area contributed by atoms with Crippen molar-refractivity contribution in [2.24, 2.45) is 0 Å². The van der Waals surface area contributed by atoms with Gasteiger partial charge in [-0.2, -0.15) is 5.10 Å². The minimum Gasteiger partial charge on any atom is -0.371 e. The number of amides is 4. The Morgan fingerprint density at radius 2 is 1.31 bits per heavy atom. The summed E-state index contributed by atoms with van der Waals surface area (Å²) in [5.41, 5.74) is 2.35. The molecule has 0 bridgehead atoms. The molecule has 0 radical (unpaired) electrons. The van der Waals surface area contributed by atoms with Crippen LogP contribution in [0, 0.1) is 0 Å². The van der Waals surface area contributed by atoms with E-state index in [1.165, 1.54) is 17.8 Å². The second-order valence-electron chi connectivity index (χ2n) is 11.8. The summed E-state index contributed by atoms with van der Waals surface area (Å²) < 4.78 is 13.8. The van der Waals surface area contributed by atoms with Crippen LogP contribution < -0.4 is 21.3 Å². The fraction of sp³-hybridized carbons (Fsp3) is 0.471. The monoisotopic (exact) mass is 616 g/mol. The van der Waals surface area contributed by atoms with Gasteiger partial charge in [-0.05, 0) is 36.8 Å². The van der Waals surface area contributed by atoms with Gasteiger partial charge in [0, 0.05) is 13.1 Å². The minimum absolute atomic E-state index is 0.104. The third-order valence-electron chi connectivity index (χ3n) is 8.46. The molecule has 11 nitrogen and oxygen atoms in total. The number of nitrogens with one attached hydrogen (secondary N) is 4. The molecule has 2 fully saturated rings. The third-order valence-corrected chi connectivity index (χ3v) is 8.46. The lowest BCUT2D eigenvalue weighted by Gasteiger charge is -2.32. The molecular weight excluding hydrogens is 572 g/mol. The summed E-state index contributed by atoms with van der Waals surface area (Å²) in [7, 11) is 1.49. The first-order valence-corrected chi connectivity index (χ1v) is 16.0. The number of benzene rings is 2. The summed E-state index contributed by atoms with van der Waals surface area (Å²) >= 11 is 0. The van der Waals surface area contributed by atoms with Gasteiger partial charge in [-0.3, -0.25) is 14.9 Å². The highest BCUT2D eigenvalue weighted by molar-refractivity contribution is 5.95. The van der Waals surface area contributed by atoms with E-state index in [1.54, 1.807) is 0 Å². The fourth-order valence-corrected chi connectivity index (χ4v) is 6.07. The first kappa shape index (κ1) is 32.2. The Labute approximate surface area is 264 Å². The van der Waals surface area contributed by atoms with Gasteiger partial charge in [0.15, 0.2) is 5.82 Å². The van der Waals surface area contributed by atoms with Crippen LogP contribution in [0.4, 0.5) is 10.6 Å². The first-order chi connectivity index (χ1) is 22.0. The van der Waals surface area contributed by atoms with Crippen LogP contribution >= 0.6 is 0 Å². The number of rotatable bonds is 12. The quantitative estimate of drug-likeness (QED) is 0.236. The fourth-order valence-electron chi connectivity index (χ4n) is 6.07. The predicted molar refractivity (Wildman–Crippen MR) is 170 cm³/mol. The molecule has 0 aliphatic heterocycles. The smallest absolute Gasteiger partial charge is 0.320 e. The molecule has 11 heteroatoms. The zero-order valence-corrected chi connectivity index (χ0v) is 25.9. The predicted octanol–water partition coefficient (Wildman–Crippen LogP) is 4.54. The number of ether oxygens (including phenoxy) is 2. The topological polar surface area (TPSA) is 136 Å². The van der Waals surface area contributed by atoms with Crippen molar-refractivity contribution in [1.29, 1.82) is 0 Å². The van der Waals surface area contributed by atoms with Crippen LogP contribution in [0.1, 0.15) is 73.0 Å². The number of carbonyl (C=O) groups is 3. The maximum atomic E-state index is 13.7. The Morgan fingerprint density at radius 3 is 1.87 bits per heavy atom. The average Bonchev–Trinajstić information content (AvgIpc) is 3.46. The second-order valence-corrected chi connectivity index (χ2v) is 11.8. The minimum atomic E-state index is -0.474. The summed E-state index contributed by atoms with van der Waals surface area (Å²) in [4.78, 5) is 39.0. The standard InChI is InChI=1S/C34H44N6O5/c1-35-34(43)38-31-20-28(33(42)37-27-17-9-11-19-30(27)45-23-25-14-6-3-7-15-25)40(39-31)21-32(41)36-26-16-8-10-18-29(26)44-22-24-12-4-2-5-13-24/h2-7,12-15,20,26-27,29-30H,8-11,16-19,21-23H2,1H3,(H,36,41)(H,37,42)(H2,35,38,39,43)/t26-,27-,29-,30-/m0/s1. The van der Waals surface area contributed by atoms with Crippen molar-refractivity contribution in [2.75, 3.05) is 12.4 Å². The lowest BCUT2D eigenvalue weighted by atomic mass is 9.92. The Kier molecular flexibility index (Phi) is 11.6. The molecule has 3 aromatic rings. The van der Waals surface area contributed by atoms with Gasteiger partial charge in [0.2, 0.25) is 5.91 Å². The molecule has 1 aromatic heterocycles. The molecular formula is C34H44N6O5. The molecule has 0 unspecified atom stereocenters. The van der Waals surface area contributed by atoms with Crippen LogP contribution in [0.3, 0.4) is 0 Å². The van der Waals surface area contributed by atoms with Crippen molar-refractivity contribution >= 4 is 23.7 Å². The van der Waals surface area contributed by atoms with Gasteiger partial charge in [0.1, 0.15) is 12.2 Å². The van der Waals surface area contributed by atoms with Crippen molar-refractivity contribution < 1.29 is 23.9 Å². The number of carbonyl (C=O) groups excluding carboxylic acids is 3. The number of nitrogens with zero attached hydrogens (tertiary/aromatic N) is 2. The molecule has 0 saturated heterocycles. The molecule has 240 valence electrons. The van der Waals surface area contributed by atoms with Crippen molar-refractivity contribution in [3.8, 4) is 0 Å². The zero-order valence-electron chi connectivity index (χ0n) is 25.9. The summed E-state index contributed by atoms with van der Waals surface area (Å²) in [6, 6.07) is 20.6. The molecule has 2 aliphatic carbocycles. The molecule has 4 amide bonds. The lowest BCUT2D eigenvalue weighted by molar-refractivity contribution is -0.124. The summed E-state index contributed by atoms with van der Waals surface area (Å²) in [6.07, 6.45) is 7.12. The second kappa shape index (κ2) is 16.2. The molecule has 2 aromatic carbocycles. The Bertz CT molecular complexity index is 1400. The highest BCUT2D eigenvalue weighted by atomic mass is 16.5. The van der Waals surface area contributed by atoms with Gasteiger partial charge in [-0.1, -0.05) is 86.3 Å². The van der Waals surface area contributed by atoms with Gasteiger partial charge in [0.25, 0.3) is 5.91 Å². The van der Waals surface area contributed by atoms with E-state index < -0.39 is 6.03 Å². The van der Waals surface area contributed by atoms with Crippen LogP contribution in [-0.4, -0.2) is 59.0 Å². The van der Waals surface area contributed by atoms with Crippen LogP contribution in [-0.2, 0) is 34.0 Å². The van der Waals surface area contributed by atoms with E-state index in [1.807, 2.05) is 60.7 Å². The van der Waals surface area contributed by atoms with Gasteiger partial charge in [-0.25, -0.2) is 9.48 Å². The highest BCUT2D eigenvalue weighted by Crippen LogP contribution is 2.24. The molecule has 4 atom stereocenters. The molecule has 1 heterocycles. The molecule has 2 aliphatic rings. The van der Waals surface area contributed by atoms with Crippen LogP contribution in [0.5, 0.6) is 0 Å². The van der Waals surface area contributed by atoms with E-state index in [-0.39, 0.29) is 54.2 Å². The molecule has 2 saturated carbocycles. The van der Waals surface area contributed by atoms with Gasteiger partial charge in [-0.15, -0.1) is 0 Å². The summed E-state index contributed by atoms with van der Waals surface area (Å²) in [5.74, 6) is -0.475. The Balaban J connectivity index is 1.24.